The Morgan fingerprint density at radius 2 is 1.81 bits per heavy atom. The van der Waals surface area contributed by atoms with Crippen LogP contribution in [0, 0.1) is 13.8 Å². The molecule has 0 atom stereocenters. The zero-order valence-corrected chi connectivity index (χ0v) is 13.2. The minimum absolute atomic E-state index is 0.0940. The fraction of sp³-hybridized carbons (Fsp3) is 0.333. The second kappa shape index (κ2) is 6.13. The molecule has 0 unspecified atom stereocenters. The van der Waals surface area contributed by atoms with Crippen LogP contribution in [-0.2, 0) is 4.74 Å². The van der Waals surface area contributed by atoms with Crippen LogP contribution in [0.25, 0.3) is 10.6 Å². The number of ether oxygens (including phenoxy) is 1. The van der Waals surface area contributed by atoms with Gasteiger partial charge in [0.2, 0.25) is 0 Å². The van der Waals surface area contributed by atoms with Crippen LogP contribution in [0.4, 0.5) is 0 Å². The number of nitrogens with zero attached hydrogens (tertiary/aromatic N) is 2. The number of hydrogen-bond acceptors (Lipinski definition) is 6. The third kappa shape index (κ3) is 3.33. The molecule has 0 N–H and O–H groups in total. The number of aromatic nitrogens is 2. The van der Waals surface area contributed by atoms with Crippen molar-refractivity contribution in [2.75, 3.05) is 6.61 Å². The molecule has 0 aliphatic rings. The Morgan fingerprint density at radius 1 is 1.19 bits per heavy atom. The Kier molecular flexibility index (Phi) is 4.47. The summed E-state index contributed by atoms with van der Waals surface area (Å²) in [6.07, 6.45) is 0. The first-order valence-electron chi connectivity index (χ1n) is 6.57. The first-order chi connectivity index (χ1) is 9.92. The number of pyridine rings is 1. The summed E-state index contributed by atoms with van der Waals surface area (Å²) in [6, 6.07) is 3.76. The van der Waals surface area contributed by atoms with Gasteiger partial charge in [-0.3, -0.25) is 9.78 Å². The molecule has 0 radical (unpaired) electrons. The van der Waals surface area contributed by atoms with Crippen molar-refractivity contribution in [3.63, 3.8) is 0 Å². The second-order valence-electron chi connectivity index (χ2n) is 4.61. The minimum atomic E-state index is -0.562. The lowest BCUT2D eigenvalue weighted by molar-refractivity contribution is 0.0517. The molecule has 0 fully saturated rings. The molecule has 6 heteroatoms. The highest BCUT2D eigenvalue weighted by Gasteiger charge is 2.23. The molecule has 0 spiro atoms. The highest BCUT2D eigenvalue weighted by molar-refractivity contribution is 7.17. The van der Waals surface area contributed by atoms with Crippen molar-refractivity contribution in [2.45, 2.75) is 27.7 Å². The highest BCUT2D eigenvalue weighted by atomic mass is 32.1. The molecule has 0 aliphatic heterocycles. The number of carbonyl (C=O) groups is 2. The van der Waals surface area contributed by atoms with Gasteiger partial charge >= 0.3 is 5.97 Å². The summed E-state index contributed by atoms with van der Waals surface area (Å²) >= 11 is 1.20. The minimum Gasteiger partial charge on any atom is -0.461 e. The van der Waals surface area contributed by atoms with Crippen LogP contribution in [0.15, 0.2) is 12.1 Å². The molecule has 2 aromatic heterocycles. The van der Waals surface area contributed by atoms with E-state index < -0.39 is 5.97 Å². The fourth-order valence-corrected chi connectivity index (χ4v) is 2.91. The third-order valence-corrected chi connectivity index (χ3v) is 3.95. The fourth-order valence-electron chi connectivity index (χ4n) is 1.98. The number of Topliss-reactive ketones (excluding diaryl/α,β-unsaturated/α-hetero) is 1. The van der Waals surface area contributed by atoms with Crippen LogP contribution in [-0.4, -0.2) is 28.3 Å². The lowest BCUT2D eigenvalue weighted by Gasteiger charge is -2.00. The maximum Gasteiger partial charge on any atom is 0.358 e. The number of esters is 1. The van der Waals surface area contributed by atoms with E-state index in [0.29, 0.717) is 9.88 Å². The van der Waals surface area contributed by atoms with E-state index in [1.165, 1.54) is 18.3 Å². The number of hydrogen-bond donors (Lipinski definition) is 0. The van der Waals surface area contributed by atoms with Crippen molar-refractivity contribution in [1.82, 2.24) is 9.97 Å². The number of rotatable bonds is 4. The van der Waals surface area contributed by atoms with Gasteiger partial charge in [-0.1, -0.05) is 0 Å². The van der Waals surface area contributed by atoms with Gasteiger partial charge in [-0.05, 0) is 32.9 Å². The lowest BCUT2D eigenvalue weighted by atomic mass is 10.2. The van der Waals surface area contributed by atoms with E-state index in [4.69, 9.17) is 4.74 Å². The molecule has 0 amide bonds. The number of thiazole rings is 1. The largest absolute Gasteiger partial charge is 0.461 e. The average Bonchev–Trinajstić information content (AvgIpc) is 2.83. The Bertz CT molecular complexity index is 687. The zero-order chi connectivity index (χ0) is 15.6. The van der Waals surface area contributed by atoms with Crippen molar-refractivity contribution < 1.29 is 14.3 Å². The Balaban J connectivity index is 2.53. The van der Waals surface area contributed by atoms with Gasteiger partial charge in [0.25, 0.3) is 0 Å². The summed E-state index contributed by atoms with van der Waals surface area (Å²) in [5.41, 5.74) is 2.67. The quantitative estimate of drug-likeness (QED) is 0.641. The monoisotopic (exact) mass is 304 g/mol. The number of carbonyl (C=O) groups excluding carboxylic acids is 2. The van der Waals surface area contributed by atoms with Gasteiger partial charge in [0.05, 0.1) is 6.61 Å². The van der Waals surface area contributed by atoms with Gasteiger partial charge in [0.1, 0.15) is 9.88 Å². The van der Waals surface area contributed by atoms with Gasteiger partial charge in [-0.2, -0.15) is 0 Å². The summed E-state index contributed by atoms with van der Waals surface area (Å²) in [5.74, 6) is -0.753. The van der Waals surface area contributed by atoms with Crippen LogP contribution in [0.3, 0.4) is 0 Å². The SMILES string of the molecule is CCOC(=O)c1nc(-c2cc(C)nc(C)c2)sc1C(C)=O. The van der Waals surface area contributed by atoms with Crippen molar-refractivity contribution in [2.24, 2.45) is 0 Å². The topological polar surface area (TPSA) is 69.2 Å². The molecular weight excluding hydrogens is 288 g/mol. The van der Waals surface area contributed by atoms with E-state index in [-0.39, 0.29) is 18.1 Å². The molecule has 0 saturated heterocycles. The molecule has 0 aliphatic carbocycles. The van der Waals surface area contributed by atoms with E-state index in [1.54, 1.807) is 6.92 Å². The molecule has 0 bridgehead atoms. The number of ketones is 1. The standard InChI is InChI=1S/C15H16N2O3S/c1-5-20-15(19)12-13(10(4)18)21-14(17-12)11-6-8(2)16-9(3)7-11/h6-7H,5H2,1-4H3. The smallest absolute Gasteiger partial charge is 0.358 e. The van der Waals surface area contributed by atoms with E-state index in [2.05, 4.69) is 9.97 Å². The van der Waals surface area contributed by atoms with Crippen molar-refractivity contribution >= 4 is 23.1 Å². The molecule has 2 rings (SSSR count). The maximum atomic E-state index is 11.9. The Morgan fingerprint density at radius 3 is 2.33 bits per heavy atom. The van der Waals surface area contributed by atoms with Gasteiger partial charge in [-0.25, -0.2) is 9.78 Å². The lowest BCUT2D eigenvalue weighted by Crippen LogP contribution is -2.09. The van der Waals surface area contributed by atoms with E-state index in [0.717, 1.165) is 17.0 Å². The zero-order valence-electron chi connectivity index (χ0n) is 12.4. The van der Waals surface area contributed by atoms with Crippen LogP contribution in [0.1, 0.15) is 45.4 Å². The molecule has 2 heterocycles. The predicted molar refractivity (Wildman–Crippen MR) is 80.8 cm³/mol. The normalized spacial score (nSPS) is 10.5. The first kappa shape index (κ1) is 15.3. The molecule has 2 aromatic rings. The molecule has 0 aromatic carbocycles. The summed E-state index contributed by atoms with van der Waals surface area (Å²) in [5, 5.41) is 0.622. The van der Waals surface area contributed by atoms with Crippen LogP contribution < -0.4 is 0 Å². The summed E-state index contributed by atoms with van der Waals surface area (Å²) < 4.78 is 4.96. The van der Waals surface area contributed by atoms with Crippen LogP contribution in [0.2, 0.25) is 0 Å². The van der Waals surface area contributed by atoms with Crippen LogP contribution in [0.5, 0.6) is 0 Å². The van der Waals surface area contributed by atoms with Gasteiger partial charge in [0, 0.05) is 23.9 Å². The van der Waals surface area contributed by atoms with Gasteiger partial charge in [-0.15, -0.1) is 11.3 Å². The van der Waals surface area contributed by atoms with Crippen molar-refractivity contribution in [3.8, 4) is 10.6 Å². The summed E-state index contributed by atoms with van der Waals surface area (Å²) in [6.45, 7) is 7.16. The molecular formula is C15H16N2O3S. The summed E-state index contributed by atoms with van der Waals surface area (Å²) in [7, 11) is 0. The molecule has 21 heavy (non-hydrogen) atoms. The average molecular weight is 304 g/mol. The van der Waals surface area contributed by atoms with Crippen LogP contribution >= 0.6 is 11.3 Å². The first-order valence-corrected chi connectivity index (χ1v) is 7.38. The second-order valence-corrected chi connectivity index (χ2v) is 5.61. The number of aryl methyl sites for hydroxylation is 2. The molecule has 5 nitrogen and oxygen atoms in total. The molecule has 0 saturated carbocycles. The highest BCUT2D eigenvalue weighted by Crippen LogP contribution is 2.29. The van der Waals surface area contributed by atoms with E-state index in [1.807, 2.05) is 26.0 Å². The van der Waals surface area contributed by atoms with E-state index in [9.17, 15) is 9.59 Å². The van der Waals surface area contributed by atoms with Gasteiger partial charge < -0.3 is 4.74 Å². The Hall–Kier alpha value is -2.08. The van der Waals surface area contributed by atoms with Gasteiger partial charge in [0.15, 0.2) is 11.5 Å². The Labute approximate surface area is 127 Å². The van der Waals surface area contributed by atoms with Crippen molar-refractivity contribution in [3.05, 3.63) is 34.1 Å². The predicted octanol–water partition coefficient (Wildman–Crippen LogP) is 3.20. The molecule has 110 valence electrons. The third-order valence-electron chi connectivity index (χ3n) is 2.74. The van der Waals surface area contributed by atoms with E-state index >= 15 is 0 Å². The summed E-state index contributed by atoms with van der Waals surface area (Å²) in [4.78, 5) is 32.5. The maximum absolute atomic E-state index is 11.9. The van der Waals surface area contributed by atoms with Crippen molar-refractivity contribution in [1.29, 1.82) is 0 Å².